The second-order valence-electron chi connectivity index (χ2n) is 4.61. The summed E-state index contributed by atoms with van der Waals surface area (Å²) < 4.78 is 18.2. The molecular formula is C14H20ClFN2O. The van der Waals surface area contributed by atoms with Crippen molar-refractivity contribution < 1.29 is 9.13 Å². The summed E-state index contributed by atoms with van der Waals surface area (Å²) in [6.45, 7) is 6.29. The zero-order valence-electron chi connectivity index (χ0n) is 11.0. The fourth-order valence-corrected chi connectivity index (χ4v) is 2.34. The molecule has 1 aliphatic heterocycles. The zero-order valence-corrected chi connectivity index (χ0v) is 11.8. The molecule has 1 aliphatic rings. The van der Waals surface area contributed by atoms with Crippen LogP contribution in [0.2, 0.25) is 0 Å². The molecular weight excluding hydrogens is 267 g/mol. The highest BCUT2D eigenvalue weighted by Crippen LogP contribution is 2.16. The summed E-state index contributed by atoms with van der Waals surface area (Å²) in [7, 11) is 0. The average molecular weight is 287 g/mol. The lowest BCUT2D eigenvalue weighted by Gasteiger charge is -2.36. The van der Waals surface area contributed by atoms with Crippen LogP contribution in [0.1, 0.15) is 0 Å². The van der Waals surface area contributed by atoms with Crippen LogP contribution in [-0.2, 0) is 4.74 Å². The van der Waals surface area contributed by atoms with Crippen molar-refractivity contribution in [2.45, 2.75) is 0 Å². The van der Waals surface area contributed by atoms with Crippen LogP contribution in [0.4, 0.5) is 10.1 Å². The molecule has 0 saturated carbocycles. The molecule has 3 nitrogen and oxygen atoms in total. The first-order valence-corrected chi connectivity index (χ1v) is 7.19. The van der Waals surface area contributed by atoms with E-state index in [1.807, 2.05) is 12.1 Å². The Hall–Kier alpha value is -0.840. The molecule has 0 spiro atoms. The molecule has 0 atom stereocenters. The summed E-state index contributed by atoms with van der Waals surface area (Å²) >= 11 is 5.55. The second-order valence-corrected chi connectivity index (χ2v) is 4.98. The van der Waals surface area contributed by atoms with Crippen molar-refractivity contribution in [3.8, 4) is 0 Å². The summed E-state index contributed by atoms with van der Waals surface area (Å²) in [5.74, 6) is 0.372. The molecule has 1 aromatic carbocycles. The van der Waals surface area contributed by atoms with E-state index in [1.54, 1.807) is 0 Å². The van der Waals surface area contributed by atoms with Gasteiger partial charge in [0, 0.05) is 44.3 Å². The van der Waals surface area contributed by atoms with Crippen LogP contribution in [0.3, 0.4) is 0 Å². The molecule has 0 aliphatic carbocycles. The first-order valence-electron chi connectivity index (χ1n) is 6.66. The second kappa shape index (κ2) is 7.68. The zero-order chi connectivity index (χ0) is 13.5. The molecule has 0 aromatic heterocycles. The van der Waals surface area contributed by atoms with Gasteiger partial charge < -0.3 is 9.64 Å². The lowest BCUT2D eigenvalue weighted by atomic mass is 10.2. The van der Waals surface area contributed by atoms with Crippen molar-refractivity contribution in [2.24, 2.45) is 0 Å². The standard InChI is InChI=1S/C14H20ClFN2O/c15-5-11-19-12-10-17-6-8-18(9-7-17)14-3-1-13(16)2-4-14/h1-4H,5-12H2. The Morgan fingerprint density at radius 3 is 2.37 bits per heavy atom. The van der Waals surface area contributed by atoms with Gasteiger partial charge in [0.1, 0.15) is 5.82 Å². The molecule has 1 fully saturated rings. The summed E-state index contributed by atoms with van der Waals surface area (Å²) in [6.07, 6.45) is 0. The van der Waals surface area contributed by atoms with Crippen LogP contribution in [0, 0.1) is 5.82 Å². The summed E-state index contributed by atoms with van der Waals surface area (Å²) in [5, 5.41) is 0. The Labute approximate surface area is 118 Å². The largest absolute Gasteiger partial charge is 0.379 e. The van der Waals surface area contributed by atoms with E-state index in [1.165, 1.54) is 12.1 Å². The molecule has 0 amide bonds. The maximum Gasteiger partial charge on any atom is 0.123 e. The van der Waals surface area contributed by atoms with E-state index in [9.17, 15) is 4.39 Å². The Balaban J connectivity index is 1.71. The van der Waals surface area contributed by atoms with E-state index in [-0.39, 0.29) is 5.82 Å². The topological polar surface area (TPSA) is 15.7 Å². The van der Waals surface area contributed by atoms with Gasteiger partial charge >= 0.3 is 0 Å². The summed E-state index contributed by atoms with van der Waals surface area (Å²) in [6, 6.07) is 6.71. The molecule has 0 N–H and O–H groups in total. The first kappa shape index (κ1) is 14.6. The first-order chi connectivity index (χ1) is 9.29. The highest BCUT2D eigenvalue weighted by atomic mass is 35.5. The lowest BCUT2D eigenvalue weighted by Crippen LogP contribution is -2.47. The van der Waals surface area contributed by atoms with Gasteiger partial charge in [-0.05, 0) is 24.3 Å². The number of nitrogens with zero attached hydrogens (tertiary/aromatic N) is 2. The Bertz CT molecular complexity index is 366. The van der Waals surface area contributed by atoms with E-state index >= 15 is 0 Å². The monoisotopic (exact) mass is 286 g/mol. The minimum Gasteiger partial charge on any atom is -0.379 e. The third kappa shape index (κ3) is 4.64. The molecule has 19 heavy (non-hydrogen) atoms. The van der Waals surface area contributed by atoms with Crippen LogP contribution in [0.5, 0.6) is 0 Å². The highest BCUT2D eigenvalue weighted by molar-refractivity contribution is 6.17. The van der Waals surface area contributed by atoms with Crippen LogP contribution >= 0.6 is 11.6 Å². The van der Waals surface area contributed by atoms with Gasteiger partial charge in [0.25, 0.3) is 0 Å². The van der Waals surface area contributed by atoms with Gasteiger partial charge in [0.2, 0.25) is 0 Å². The van der Waals surface area contributed by atoms with Gasteiger partial charge in [-0.15, -0.1) is 11.6 Å². The van der Waals surface area contributed by atoms with Crippen LogP contribution < -0.4 is 4.90 Å². The number of halogens is 2. The van der Waals surface area contributed by atoms with Gasteiger partial charge in [0.05, 0.1) is 13.2 Å². The summed E-state index contributed by atoms with van der Waals surface area (Å²) in [5.41, 5.74) is 1.10. The van der Waals surface area contributed by atoms with E-state index in [2.05, 4.69) is 9.80 Å². The van der Waals surface area contributed by atoms with Crippen molar-refractivity contribution in [1.29, 1.82) is 0 Å². The van der Waals surface area contributed by atoms with Crippen molar-refractivity contribution in [2.75, 3.05) is 56.7 Å². The minimum atomic E-state index is -0.182. The number of ether oxygens (including phenoxy) is 1. The molecule has 5 heteroatoms. The normalized spacial score (nSPS) is 16.8. The third-order valence-corrected chi connectivity index (χ3v) is 3.49. The number of piperazine rings is 1. The number of anilines is 1. The molecule has 0 radical (unpaired) electrons. The Morgan fingerprint density at radius 2 is 1.74 bits per heavy atom. The molecule has 0 unspecified atom stereocenters. The van der Waals surface area contributed by atoms with Crippen LogP contribution in [0.15, 0.2) is 24.3 Å². The molecule has 1 saturated heterocycles. The Morgan fingerprint density at radius 1 is 1.05 bits per heavy atom. The Kier molecular flexibility index (Phi) is 5.89. The summed E-state index contributed by atoms with van der Waals surface area (Å²) in [4.78, 5) is 4.67. The molecule has 1 aromatic rings. The van der Waals surface area contributed by atoms with Gasteiger partial charge in [-0.1, -0.05) is 0 Å². The smallest absolute Gasteiger partial charge is 0.123 e. The van der Waals surface area contributed by atoms with Crippen molar-refractivity contribution in [3.05, 3.63) is 30.1 Å². The van der Waals surface area contributed by atoms with Gasteiger partial charge in [-0.3, -0.25) is 4.90 Å². The number of alkyl halides is 1. The molecule has 1 heterocycles. The molecule has 106 valence electrons. The van der Waals surface area contributed by atoms with E-state index in [4.69, 9.17) is 16.3 Å². The SMILES string of the molecule is Fc1ccc(N2CCN(CCOCCCl)CC2)cc1. The number of hydrogen-bond donors (Lipinski definition) is 0. The average Bonchev–Trinajstić information content (AvgIpc) is 2.45. The van der Waals surface area contributed by atoms with Crippen LogP contribution in [-0.4, -0.2) is 56.7 Å². The number of rotatable bonds is 6. The number of benzene rings is 1. The molecule has 2 rings (SSSR count). The van der Waals surface area contributed by atoms with Gasteiger partial charge in [0.15, 0.2) is 0 Å². The van der Waals surface area contributed by atoms with E-state index < -0.39 is 0 Å². The number of hydrogen-bond acceptors (Lipinski definition) is 3. The van der Waals surface area contributed by atoms with Crippen molar-refractivity contribution in [3.63, 3.8) is 0 Å². The van der Waals surface area contributed by atoms with Crippen molar-refractivity contribution in [1.82, 2.24) is 4.90 Å². The predicted molar refractivity (Wildman–Crippen MR) is 76.6 cm³/mol. The van der Waals surface area contributed by atoms with E-state index in [0.717, 1.165) is 45.0 Å². The quantitative estimate of drug-likeness (QED) is 0.589. The predicted octanol–water partition coefficient (Wildman–Crippen LogP) is 2.20. The fourth-order valence-electron chi connectivity index (χ4n) is 2.23. The van der Waals surface area contributed by atoms with Crippen LogP contribution in [0.25, 0.3) is 0 Å². The highest BCUT2D eigenvalue weighted by Gasteiger charge is 2.16. The van der Waals surface area contributed by atoms with Crippen molar-refractivity contribution >= 4 is 17.3 Å². The fraction of sp³-hybridized carbons (Fsp3) is 0.571. The maximum atomic E-state index is 12.9. The maximum absolute atomic E-state index is 12.9. The molecule has 0 bridgehead atoms. The lowest BCUT2D eigenvalue weighted by molar-refractivity contribution is 0.112. The van der Waals surface area contributed by atoms with Gasteiger partial charge in [-0.25, -0.2) is 4.39 Å². The van der Waals surface area contributed by atoms with Gasteiger partial charge in [-0.2, -0.15) is 0 Å². The minimum absolute atomic E-state index is 0.182. The van der Waals surface area contributed by atoms with E-state index in [0.29, 0.717) is 12.5 Å². The third-order valence-electron chi connectivity index (χ3n) is 3.34.